The first-order valence-corrected chi connectivity index (χ1v) is 13.6. The predicted molar refractivity (Wildman–Crippen MR) is 148 cm³/mol. The summed E-state index contributed by atoms with van der Waals surface area (Å²) in [6.07, 6.45) is 0.926. The monoisotopic (exact) mass is 555 g/mol. The van der Waals surface area contributed by atoms with Crippen molar-refractivity contribution in [2.75, 3.05) is 16.8 Å². The van der Waals surface area contributed by atoms with E-state index >= 15 is 0 Å². The van der Waals surface area contributed by atoms with E-state index in [2.05, 4.69) is 10.6 Å². The molecular formula is C31H29N3O7. The molecule has 4 N–H and O–H groups in total. The average Bonchev–Trinajstić information content (AvgIpc) is 3.54. The third-order valence-electron chi connectivity index (χ3n) is 8.32. The lowest BCUT2D eigenvalue weighted by Crippen LogP contribution is -2.53. The van der Waals surface area contributed by atoms with E-state index in [0.29, 0.717) is 28.9 Å². The number of rotatable bonds is 6. The van der Waals surface area contributed by atoms with Gasteiger partial charge in [0, 0.05) is 17.3 Å². The summed E-state index contributed by atoms with van der Waals surface area (Å²) < 4.78 is 5.04. The fourth-order valence-corrected chi connectivity index (χ4v) is 6.41. The fraction of sp³-hybridized carbons (Fsp3) is 0.290. The second-order valence-electron chi connectivity index (χ2n) is 10.6. The first-order chi connectivity index (χ1) is 19.7. The zero-order valence-electron chi connectivity index (χ0n) is 22.5. The van der Waals surface area contributed by atoms with Crippen molar-refractivity contribution in [1.82, 2.24) is 5.32 Å². The highest BCUT2D eigenvalue weighted by molar-refractivity contribution is 6.25. The van der Waals surface area contributed by atoms with Gasteiger partial charge in [0.1, 0.15) is 5.54 Å². The summed E-state index contributed by atoms with van der Waals surface area (Å²) in [5.41, 5.74) is 1.89. The molecule has 3 aromatic carbocycles. The number of aromatic hydroxyl groups is 2. The quantitative estimate of drug-likeness (QED) is 0.206. The van der Waals surface area contributed by atoms with Crippen LogP contribution >= 0.6 is 0 Å². The number of anilines is 2. The van der Waals surface area contributed by atoms with E-state index in [9.17, 15) is 29.4 Å². The van der Waals surface area contributed by atoms with Gasteiger partial charge in [-0.3, -0.25) is 19.7 Å². The number of hydrogen-bond acceptors (Lipinski definition) is 8. The number of imide groups is 1. The normalized spacial score (nSPS) is 24.5. The van der Waals surface area contributed by atoms with Crippen LogP contribution in [0.25, 0.3) is 0 Å². The van der Waals surface area contributed by atoms with Crippen LogP contribution in [0.4, 0.5) is 11.4 Å². The Morgan fingerprint density at radius 1 is 0.927 bits per heavy atom. The van der Waals surface area contributed by atoms with E-state index in [-0.39, 0.29) is 30.1 Å². The zero-order chi connectivity index (χ0) is 29.1. The minimum atomic E-state index is -1.48. The number of carbonyl (C=O) groups excluding carboxylic acids is 4. The van der Waals surface area contributed by atoms with Gasteiger partial charge in [-0.2, -0.15) is 0 Å². The van der Waals surface area contributed by atoms with Gasteiger partial charge in [0.05, 0.1) is 29.7 Å². The molecule has 4 atom stereocenters. The average molecular weight is 556 g/mol. The molecule has 1 spiro atoms. The van der Waals surface area contributed by atoms with Crippen molar-refractivity contribution in [3.8, 4) is 11.5 Å². The number of ether oxygens (including phenoxy) is 1. The van der Waals surface area contributed by atoms with E-state index in [0.717, 1.165) is 10.5 Å². The van der Waals surface area contributed by atoms with Gasteiger partial charge in [0.2, 0.25) is 17.7 Å². The van der Waals surface area contributed by atoms with Crippen LogP contribution in [-0.4, -0.2) is 46.6 Å². The Morgan fingerprint density at radius 2 is 1.66 bits per heavy atom. The number of benzene rings is 3. The summed E-state index contributed by atoms with van der Waals surface area (Å²) >= 11 is 0. The molecule has 3 aliphatic rings. The number of amides is 3. The lowest BCUT2D eigenvalue weighted by atomic mass is 9.76. The number of phenols is 2. The van der Waals surface area contributed by atoms with Crippen LogP contribution in [0.15, 0.2) is 60.7 Å². The molecule has 6 rings (SSSR count). The Bertz CT molecular complexity index is 1600. The topological polar surface area (TPSA) is 145 Å². The summed E-state index contributed by atoms with van der Waals surface area (Å²) in [7, 11) is 0. The van der Waals surface area contributed by atoms with E-state index in [1.165, 1.54) is 36.4 Å². The molecule has 2 fully saturated rings. The third kappa shape index (κ3) is 3.97. The number of aryl methyl sites for hydroxylation is 1. The van der Waals surface area contributed by atoms with Crippen molar-refractivity contribution in [3.63, 3.8) is 0 Å². The summed E-state index contributed by atoms with van der Waals surface area (Å²) in [5, 5.41) is 26.2. The van der Waals surface area contributed by atoms with Gasteiger partial charge >= 0.3 is 5.97 Å². The van der Waals surface area contributed by atoms with Crippen LogP contribution in [0.5, 0.6) is 11.5 Å². The van der Waals surface area contributed by atoms with Crippen LogP contribution in [-0.2, 0) is 37.5 Å². The van der Waals surface area contributed by atoms with Crippen molar-refractivity contribution in [2.24, 2.45) is 11.8 Å². The van der Waals surface area contributed by atoms with E-state index < -0.39 is 47.1 Å². The first kappa shape index (κ1) is 26.5. The van der Waals surface area contributed by atoms with E-state index in [1.54, 1.807) is 13.0 Å². The van der Waals surface area contributed by atoms with Crippen molar-refractivity contribution in [1.29, 1.82) is 0 Å². The SMILES string of the molecule is CCOC(=O)c1ccc(N2C(=O)[C@@H]3[C@@H](Cc4ccc(O)c(O)c4)N[C@]4(C(=O)Nc5ccc(CC)cc54)[C@H]3C2=O)cc1. The number of carbonyl (C=O) groups is 4. The molecule has 0 aromatic heterocycles. The van der Waals surface area contributed by atoms with Crippen LogP contribution in [0, 0.1) is 11.8 Å². The second kappa shape index (κ2) is 9.74. The number of fused-ring (bicyclic) bond motifs is 4. The van der Waals surface area contributed by atoms with Gasteiger partial charge in [-0.25, -0.2) is 9.69 Å². The van der Waals surface area contributed by atoms with Crippen LogP contribution in [0.3, 0.4) is 0 Å². The molecule has 3 aliphatic heterocycles. The smallest absolute Gasteiger partial charge is 0.338 e. The van der Waals surface area contributed by atoms with Gasteiger partial charge in [0.15, 0.2) is 11.5 Å². The molecule has 41 heavy (non-hydrogen) atoms. The Balaban J connectivity index is 1.44. The molecule has 10 nitrogen and oxygen atoms in total. The van der Waals surface area contributed by atoms with Crippen LogP contribution in [0.1, 0.15) is 40.9 Å². The Kier molecular flexibility index (Phi) is 6.30. The summed E-state index contributed by atoms with van der Waals surface area (Å²) in [5.74, 6) is -4.42. The van der Waals surface area contributed by atoms with Crippen molar-refractivity contribution < 1.29 is 34.1 Å². The number of nitrogens with one attached hydrogen (secondary N) is 2. The van der Waals surface area contributed by atoms with Crippen LogP contribution in [0.2, 0.25) is 0 Å². The molecule has 10 heteroatoms. The van der Waals surface area contributed by atoms with Crippen molar-refractivity contribution in [2.45, 2.75) is 38.3 Å². The van der Waals surface area contributed by atoms with Gasteiger partial charge < -0.3 is 20.3 Å². The molecule has 0 saturated carbocycles. The Hall–Kier alpha value is -4.70. The van der Waals surface area contributed by atoms with E-state index in [1.807, 2.05) is 25.1 Å². The largest absolute Gasteiger partial charge is 0.504 e. The maximum absolute atomic E-state index is 14.2. The molecule has 0 radical (unpaired) electrons. The van der Waals surface area contributed by atoms with Crippen molar-refractivity contribution in [3.05, 3.63) is 82.9 Å². The van der Waals surface area contributed by atoms with Gasteiger partial charge in [-0.1, -0.05) is 25.1 Å². The molecule has 3 heterocycles. The maximum atomic E-state index is 14.2. The van der Waals surface area contributed by atoms with E-state index in [4.69, 9.17) is 4.74 Å². The maximum Gasteiger partial charge on any atom is 0.338 e. The third-order valence-corrected chi connectivity index (χ3v) is 8.32. The van der Waals surface area contributed by atoms with Gasteiger partial charge in [-0.15, -0.1) is 0 Å². The molecule has 3 amide bonds. The highest BCUT2D eigenvalue weighted by Crippen LogP contribution is 2.54. The molecule has 2 saturated heterocycles. The number of phenolic OH excluding ortho intramolecular Hbond substituents is 2. The fourth-order valence-electron chi connectivity index (χ4n) is 6.41. The minimum absolute atomic E-state index is 0.210. The standard InChI is InChI=1S/C31H29N3O7/c1-3-16-5-11-21-20(13-16)31(30(40)32-21)26-25(22(33-31)14-17-6-12-23(35)24(36)15-17)27(37)34(28(26)38)19-9-7-18(8-10-19)29(39)41-4-2/h5-13,15,22,25-26,33,35-36H,3-4,14H2,1-2H3,(H,32,40)/t22-,25-,26-,31+/m1/s1. The zero-order valence-corrected chi connectivity index (χ0v) is 22.5. The molecule has 3 aromatic rings. The van der Waals surface area contributed by atoms with Crippen molar-refractivity contribution >= 4 is 35.1 Å². The minimum Gasteiger partial charge on any atom is -0.504 e. The predicted octanol–water partition coefficient (Wildman–Crippen LogP) is 3.00. The number of esters is 1. The highest BCUT2D eigenvalue weighted by atomic mass is 16.5. The first-order valence-electron chi connectivity index (χ1n) is 13.6. The summed E-state index contributed by atoms with van der Waals surface area (Å²) in [6, 6.07) is 15.4. The lowest BCUT2D eigenvalue weighted by molar-refractivity contribution is -0.130. The number of hydrogen-bond donors (Lipinski definition) is 4. The summed E-state index contributed by atoms with van der Waals surface area (Å²) in [4.78, 5) is 55.3. The number of nitrogens with zero attached hydrogens (tertiary/aromatic N) is 1. The highest BCUT2D eigenvalue weighted by Gasteiger charge is 2.70. The van der Waals surface area contributed by atoms with Crippen LogP contribution < -0.4 is 15.5 Å². The molecule has 0 bridgehead atoms. The Morgan fingerprint density at radius 3 is 2.34 bits per heavy atom. The van der Waals surface area contributed by atoms with Gasteiger partial charge in [0.25, 0.3) is 0 Å². The molecule has 210 valence electrons. The lowest BCUT2D eigenvalue weighted by Gasteiger charge is -2.30. The van der Waals surface area contributed by atoms with Gasteiger partial charge in [-0.05, 0) is 73.4 Å². The Labute approximate surface area is 235 Å². The second-order valence-corrected chi connectivity index (χ2v) is 10.6. The molecule has 0 aliphatic carbocycles. The molecule has 0 unspecified atom stereocenters. The summed E-state index contributed by atoms with van der Waals surface area (Å²) in [6.45, 7) is 3.91. The molecular weight excluding hydrogens is 526 g/mol.